The molecule has 5 heteroatoms. The van der Waals surface area contributed by atoms with E-state index in [0.29, 0.717) is 5.69 Å². The molecule has 1 heterocycles. The monoisotopic (exact) mass is 250 g/mol. The molecule has 0 fully saturated rings. The number of hydrogen-bond acceptors (Lipinski definition) is 4. The van der Waals surface area contributed by atoms with Crippen LogP contribution < -0.4 is 15.5 Å². The van der Waals surface area contributed by atoms with Crippen molar-refractivity contribution in [3.05, 3.63) is 18.3 Å². The number of anilines is 2. The van der Waals surface area contributed by atoms with Gasteiger partial charge in [-0.1, -0.05) is 6.92 Å². The highest BCUT2D eigenvalue weighted by atomic mass is 16.2. The number of likely N-dealkylation sites (N-methyl/N-ethyl adjacent to an activating group) is 1. The van der Waals surface area contributed by atoms with Crippen LogP contribution in [0.1, 0.15) is 20.8 Å². The maximum Gasteiger partial charge on any atom is 0.244 e. The summed E-state index contributed by atoms with van der Waals surface area (Å²) in [6.07, 6.45) is 1.66. The molecule has 5 nitrogen and oxygen atoms in total. The summed E-state index contributed by atoms with van der Waals surface area (Å²) in [7, 11) is 3.85. The molecule has 1 aromatic rings. The predicted molar refractivity (Wildman–Crippen MR) is 74.9 cm³/mol. The van der Waals surface area contributed by atoms with Gasteiger partial charge in [0.15, 0.2) is 0 Å². The van der Waals surface area contributed by atoms with Crippen molar-refractivity contribution in [3.63, 3.8) is 0 Å². The number of amides is 1. The molecule has 1 rings (SSSR count). The number of carbonyl (C=O) groups is 1. The average molecular weight is 250 g/mol. The van der Waals surface area contributed by atoms with Crippen LogP contribution in [0, 0.1) is 0 Å². The first kappa shape index (κ1) is 14.4. The van der Waals surface area contributed by atoms with Gasteiger partial charge in [0.05, 0.1) is 17.4 Å². The van der Waals surface area contributed by atoms with Gasteiger partial charge in [0, 0.05) is 14.1 Å². The zero-order chi connectivity index (χ0) is 13.8. The molecule has 2 N–H and O–H groups in total. The summed E-state index contributed by atoms with van der Waals surface area (Å²) < 4.78 is 0. The standard InChI is InChI=1S/C13H22N4O/c1-6-15-13(2,3)12(18)16-10-7-8-11(14-9-10)17(4)5/h7-9,15H,6H2,1-5H3,(H,16,18). The van der Waals surface area contributed by atoms with Gasteiger partial charge in [0.1, 0.15) is 5.82 Å². The maximum absolute atomic E-state index is 12.0. The molecular weight excluding hydrogens is 228 g/mol. The van der Waals surface area contributed by atoms with Crippen LogP contribution in [0.25, 0.3) is 0 Å². The first-order valence-corrected chi connectivity index (χ1v) is 6.06. The Morgan fingerprint density at radius 3 is 2.50 bits per heavy atom. The summed E-state index contributed by atoms with van der Waals surface area (Å²) in [5, 5.41) is 5.98. The van der Waals surface area contributed by atoms with Gasteiger partial charge in [0.25, 0.3) is 0 Å². The van der Waals surface area contributed by atoms with Crippen LogP contribution in [0.2, 0.25) is 0 Å². The van der Waals surface area contributed by atoms with Crippen molar-refractivity contribution >= 4 is 17.4 Å². The van der Waals surface area contributed by atoms with E-state index in [0.717, 1.165) is 12.4 Å². The van der Waals surface area contributed by atoms with E-state index in [9.17, 15) is 4.79 Å². The Morgan fingerprint density at radius 1 is 1.39 bits per heavy atom. The van der Waals surface area contributed by atoms with Crippen LogP contribution in [0.5, 0.6) is 0 Å². The predicted octanol–water partition coefficient (Wildman–Crippen LogP) is 1.47. The van der Waals surface area contributed by atoms with E-state index in [4.69, 9.17) is 0 Å². The highest BCUT2D eigenvalue weighted by molar-refractivity contribution is 5.97. The molecule has 0 unspecified atom stereocenters. The number of carbonyl (C=O) groups excluding carboxylic acids is 1. The number of aromatic nitrogens is 1. The van der Waals surface area contributed by atoms with Crippen molar-refractivity contribution in [2.24, 2.45) is 0 Å². The quantitative estimate of drug-likeness (QED) is 0.831. The highest BCUT2D eigenvalue weighted by Gasteiger charge is 2.26. The SMILES string of the molecule is CCNC(C)(C)C(=O)Nc1ccc(N(C)C)nc1. The van der Waals surface area contributed by atoms with E-state index in [-0.39, 0.29) is 5.91 Å². The number of nitrogens with one attached hydrogen (secondary N) is 2. The molecular formula is C13H22N4O. The molecule has 18 heavy (non-hydrogen) atoms. The summed E-state index contributed by atoms with van der Waals surface area (Å²) in [6, 6.07) is 3.72. The second-order valence-electron chi connectivity index (χ2n) is 4.91. The lowest BCUT2D eigenvalue weighted by molar-refractivity contribution is -0.121. The molecule has 0 saturated heterocycles. The van der Waals surface area contributed by atoms with E-state index < -0.39 is 5.54 Å². The Kier molecular flexibility index (Phi) is 4.67. The summed E-state index contributed by atoms with van der Waals surface area (Å²) in [6.45, 7) is 6.43. The summed E-state index contributed by atoms with van der Waals surface area (Å²) in [5.41, 5.74) is 0.117. The molecule has 0 aliphatic heterocycles. The van der Waals surface area contributed by atoms with Crippen LogP contribution in [0.15, 0.2) is 18.3 Å². The Hall–Kier alpha value is -1.62. The maximum atomic E-state index is 12.0. The molecule has 0 bridgehead atoms. The lowest BCUT2D eigenvalue weighted by Gasteiger charge is -2.24. The normalized spacial score (nSPS) is 11.2. The molecule has 0 atom stereocenters. The summed E-state index contributed by atoms with van der Waals surface area (Å²) >= 11 is 0. The molecule has 0 spiro atoms. The lowest BCUT2D eigenvalue weighted by atomic mass is 10.0. The van der Waals surface area contributed by atoms with Gasteiger partial charge in [-0.3, -0.25) is 4.79 Å². The minimum Gasteiger partial charge on any atom is -0.363 e. The third-order valence-electron chi connectivity index (χ3n) is 2.65. The Bertz CT molecular complexity index is 398. The van der Waals surface area contributed by atoms with Gasteiger partial charge in [-0.2, -0.15) is 0 Å². The molecule has 1 aromatic heterocycles. The second-order valence-corrected chi connectivity index (χ2v) is 4.91. The topological polar surface area (TPSA) is 57.3 Å². The summed E-state index contributed by atoms with van der Waals surface area (Å²) in [4.78, 5) is 18.2. The van der Waals surface area contributed by atoms with Crippen molar-refractivity contribution in [2.45, 2.75) is 26.3 Å². The fraction of sp³-hybridized carbons (Fsp3) is 0.538. The fourth-order valence-corrected chi connectivity index (χ4v) is 1.53. The second kappa shape index (κ2) is 5.82. The molecule has 0 saturated carbocycles. The summed E-state index contributed by atoms with van der Waals surface area (Å²) in [5.74, 6) is 0.794. The van der Waals surface area contributed by atoms with Gasteiger partial charge in [-0.15, -0.1) is 0 Å². The first-order chi connectivity index (χ1) is 8.36. The van der Waals surface area contributed by atoms with Crippen molar-refractivity contribution in [1.82, 2.24) is 10.3 Å². The Balaban J connectivity index is 2.70. The molecule has 0 aliphatic carbocycles. The Morgan fingerprint density at radius 2 is 2.06 bits per heavy atom. The Labute approximate surface area is 109 Å². The largest absolute Gasteiger partial charge is 0.363 e. The van der Waals surface area contributed by atoms with E-state index in [2.05, 4.69) is 15.6 Å². The van der Waals surface area contributed by atoms with E-state index in [1.165, 1.54) is 0 Å². The number of rotatable bonds is 5. The lowest BCUT2D eigenvalue weighted by Crippen LogP contribution is -2.49. The smallest absolute Gasteiger partial charge is 0.244 e. The van der Waals surface area contributed by atoms with Crippen molar-refractivity contribution < 1.29 is 4.79 Å². The number of pyridine rings is 1. The zero-order valence-corrected chi connectivity index (χ0v) is 11.7. The third kappa shape index (κ3) is 3.70. The van der Waals surface area contributed by atoms with Crippen LogP contribution in [0.3, 0.4) is 0 Å². The minimum absolute atomic E-state index is 0.0660. The van der Waals surface area contributed by atoms with Crippen LogP contribution in [-0.2, 0) is 4.79 Å². The third-order valence-corrected chi connectivity index (χ3v) is 2.65. The van der Waals surface area contributed by atoms with Crippen LogP contribution in [-0.4, -0.2) is 37.1 Å². The van der Waals surface area contributed by atoms with Gasteiger partial charge in [0.2, 0.25) is 5.91 Å². The fourth-order valence-electron chi connectivity index (χ4n) is 1.53. The van der Waals surface area contributed by atoms with Crippen molar-refractivity contribution in [2.75, 3.05) is 30.9 Å². The molecule has 0 aromatic carbocycles. The highest BCUT2D eigenvalue weighted by Crippen LogP contribution is 2.13. The minimum atomic E-state index is -0.588. The van der Waals surface area contributed by atoms with Crippen molar-refractivity contribution in [3.8, 4) is 0 Å². The van der Waals surface area contributed by atoms with Gasteiger partial charge in [-0.25, -0.2) is 4.98 Å². The van der Waals surface area contributed by atoms with E-state index in [1.807, 2.05) is 51.9 Å². The van der Waals surface area contributed by atoms with Gasteiger partial charge >= 0.3 is 0 Å². The van der Waals surface area contributed by atoms with Gasteiger partial charge < -0.3 is 15.5 Å². The molecule has 1 amide bonds. The molecule has 100 valence electrons. The number of hydrogen-bond donors (Lipinski definition) is 2. The van der Waals surface area contributed by atoms with Gasteiger partial charge in [-0.05, 0) is 32.5 Å². The molecule has 0 radical (unpaired) electrons. The van der Waals surface area contributed by atoms with E-state index >= 15 is 0 Å². The van der Waals surface area contributed by atoms with E-state index in [1.54, 1.807) is 6.20 Å². The number of nitrogens with zero attached hydrogens (tertiary/aromatic N) is 2. The van der Waals surface area contributed by atoms with Crippen LogP contribution in [0.4, 0.5) is 11.5 Å². The van der Waals surface area contributed by atoms with Crippen LogP contribution >= 0.6 is 0 Å². The molecule has 0 aliphatic rings. The average Bonchev–Trinajstić information content (AvgIpc) is 2.29. The first-order valence-electron chi connectivity index (χ1n) is 6.06. The zero-order valence-electron chi connectivity index (χ0n) is 11.7. The van der Waals surface area contributed by atoms with Crippen molar-refractivity contribution in [1.29, 1.82) is 0 Å².